The number of rotatable bonds is 6. The fourth-order valence-electron chi connectivity index (χ4n) is 4.54. The number of nitrogens with one attached hydrogen (secondary N) is 2. The van der Waals surface area contributed by atoms with Crippen molar-refractivity contribution in [3.63, 3.8) is 0 Å². The first-order valence-electron chi connectivity index (χ1n) is 12.1. The van der Waals surface area contributed by atoms with Crippen LogP contribution in [0.2, 0.25) is 0 Å². The largest absolute Gasteiger partial charge is 0.486 e. The summed E-state index contributed by atoms with van der Waals surface area (Å²) < 4.78 is 50.2. The van der Waals surface area contributed by atoms with Crippen LogP contribution in [0.25, 0.3) is 16.8 Å². The highest BCUT2D eigenvalue weighted by molar-refractivity contribution is 5.97. The van der Waals surface area contributed by atoms with Crippen molar-refractivity contribution in [2.75, 3.05) is 29.9 Å². The zero-order valence-corrected chi connectivity index (χ0v) is 20.4. The average Bonchev–Trinajstić information content (AvgIpc) is 2.89. The second-order valence-corrected chi connectivity index (χ2v) is 9.03. The fraction of sp³-hybridized carbons (Fsp3) is 0.296. The lowest BCUT2D eigenvalue weighted by Crippen LogP contribution is -2.39. The summed E-state index contributed by atoms with van der Waals surface area (Å²) in [5.41, 5.74) is 1.97. The zero-order valence-electron chi connectivity index (χ0n) is 20.4. The molecule has 2 aliphatic heterocycles. The van der Waals surface area contributed by atoms with Gasteiger partial charge < -0.3 is 20.3 Å². The molecule has 2 N–H and O–H groups in total. The SMILES string of the molecule is CCC(C)N1CCOc2c(F)cc(-c3nc(Nc4ccc(C5=CC(=O)NCC5)c(F)c4)ncc3F)cc21. The maximum Gasteiger partial charge on any atom is 0.244 e. The van der Waals surface area contributed by atoms with Crippen LogP contribution in [0.3, 0.4) is 0 Å². The molecule has 1 amide bonds. The molecule has 2 aromatic carbocycles. The van der Waals surface area contributed by atoms with Gasteiger partial charge in [-0.3, -0.25) is 4.79 Å². The molecule has 0 saturated carbocycles. The molecule has 0 radical (unpaired) electrons. The van der Waals surface area contributed by atoms with Crippen molar-refractivity contribution in [2.45, 2.75) is 32.7 Å². The molecule has 192 valence electrons. The van der Waals surface area contributed by atoms with Gasteiger partial charge in [0, 0.05) is 35.5 Å². The summed E-state index contributed by atoms with van der Waals surface area (Å²) in [6.07, 6.45) is 3.74. The van der Waals surface area contributed by atoms with E-state index < -0.39 is 17.5 Å². The summed E-state index contributed by atoms with van der Waals surface area (Å²) >= 11 is 0. The van der Waals surface area contributed by atoms with Crippen molar-refractivity contribution < 1.29 is 22.7 Å². The molecule has 10 heteroatoms. The second kappa shape index (κ2) is 10.1. The third kappa shape index (κ3) is 4.96. The third-order valence-corrected chi connectivity index (χ3v) is 6.62. The number of anilines is 3. The Morgan fingerprint density at radius 1 is 1.16 bits per heavy atom. The number of carbonyl (C=O) groups is 1. The van der Waals surface area contributed by atoms with E-state index in [1.54, 1.807) is 18.2 Å². The lowest BCUT2D eigenvalue weighted by atomic mass is 9.99. The topological polar surface area (TPSA) is 79.4 Å². The highest BCUT2D eigenvalue weighted by Gasteiger charge is 2.26. The van der Waals surface area contributed by atoms with E-state index in [-0.39, 0.29) is 34.9 Å². The lowest BCUT2D eigenvalue weighted by Gasteiger charge is -2.36. The molecule has 0 fully saturated rings. The van der Waals surface area contributed by atoms with Crippen LogP contribution in [0.4, 0.5) is 30.5 Å². The molecule has 7 nitrogen and oxygen atoms in total. The summed E-state index contributed by atoms with van der Waals surface area (Å²) in [5, 5.41) is 5.55. The molecule has 1 unspecified atom stereocenters. The quantitative estimate of drug-likeness (QED) is 0.475. The Balaban J connectivity index is 1.45. The third-order valence-electron chi connectivity index (χ3n) is 6.62. The highest BCUT2D eigenvalue weighted by Crippen LogP contribution is 2.40. The van der Waals surface area contributed by atoms with E-state index >= 15 is 0 Å². The minimum atomic E-state index is -0.722. The van der Waals surface area contributed by atoms with Crippen LogP contribution >= 0.6 is 0 Å². The van der Waals surface area contributed by atoms with E-state index in [4.69, 9.17) is 4.74 Å². The standard InChI is InChI=1S/C27H26F3N5O2/c1-3-15(2)35-8-9-37-26-21(29)10-17(11-23(26)35)25-22(30)14-32-27(34-25)33-18-4-5-19(20(28)13-18)16-6-7-31-24(36)12-16/h4-5,10-15H,3,6-9H2,1-2H3,(H,31,36)(H,32,33,34). The minimum Gasteiger partial charge on any atom is -0.486 e. The van der Waals surface area contributed by atoms with Crippen LogP contribution in [0.1, 0.15) is 32.3 Å². The van der Waals surface area contributed by atoms with Crippen molar-refractivity contribution >= 4 is 28.8 Å². The van der Waals surface area contributed by atoms with Crippen molar-refractivity contribution in [1.82, 2.24) is 15.3 Å². The number of fused-ring (bicyclic) bond motifs is 1. The number of hydrogen-bond acceptors (Lipinski definition) is 6. The van der Waals surface area contributed by atoms with Crippen molar-refractivity contribution in [1.29, 1.82) is 0 Å². The number of nitrogens with zero attached hydrogens (tertiary/aromatic N) is 3. The van der Waals surface area contributed by atoms with Gasteiger partial charge in [-0.2, -0.15) is 0 Å². The fourth-order valence-corrected chi connectivity index (χ4v) is 4.54. The van der Waals surface area contributed by atoms with E-state index in [1.165, 1.54) is 18.2 Å². The van der Waals surface area contributed by atoms with Gasteiger partial charge in [-0.1, -0.05) is 6.92 Å². The van der Waals surface area contributed by atoms with Crippen LogP contribution in [0.15, 0.2) is 42.6 Å². The van der Waals surface area contributed by atoms with Gasteiger partial charge in [-0.25, -0.2) is 23.1 Å². The predicted octanol–water partition coefficient (Wildman–Crippen LogP) is 5.21. The Morgan fingerprint density at radius 2 is 2.00 bits per heavy atom. The van der Waals surface area contributed by atoms with Gasteiger partial charge >= 0.3 is 0 Å². The summed E-state index contributed by atoms with van der Waals surface area (Å²) in [7, 11) is 0. The Hall–Kier alpha value is -4.08. The Morgan fingerprint density at radius 3 is 2.76 bits per heavy atom. The van der Waals surface area contributed by atoms with Gasteiger partial charge in [-0.05, 0) is 55.7 Å². The first kappa shape index (κ1) is 24.6. The summed E-state index contributed by atoms with van der Waals surface area (Å²) in [4.78, 5) is 21.9. The van der Waals surface area contributed by atoms with Gasteiger partial charge in [-0.15, -0.1) is 0 Å². The molecule has 0 bridgehead atoms. The summed E-state index contributed by atoms with van der Waals surface area (Å²) in [6, 6.07) is 7.45. The van der Waals surface area contributed by atoms with E-state index in [9.17, 15) is 18.0 Å². The molecule has 1 aromatic heterocycles. The van der Waals surface area contributed by atoms with Crippen molar-refractivity contribution in [3.8, 4) is 17.0 Å². The molecule has 37 heavy (non-hydrogen) atoms. The summed E-state index contributed by atoms with van der Waals surface area (Å²) in [6.45, 7) is 5.48. The van der Waals surface area contributed by atoms with Crippen molar-refractivity contribution in [3.05, 3.63) is 65.6 Å². The normalized spacial score (nSPS) is 15.9. The van der Waals surface area contributed by atoms with Gasteiger partial charge in [0.1, 0.15) is 18.1 Å². The number of ether oxygens (including phenoxy) is 1. The number of carbonyl (C=O) groups excluding carboxylic acids is 1. The average molecular weight is 510 g/mol. The van der Waals surface area contributed by atoms with Crippen LogP contribution in [-0.2, 0) is 4.79 Å². The Labute approximate surface area is 212 Å². The molecule has 3 heterocycles. The first-order valence-corrected chi connectivity index (χ1v) is 12.1. The van der Waals surface area contributed by atoms with E-state index in [0.717, 1.165) is 12.6 Å². The summed E-state index contributed by atoms with van der Waals surface area (Å²) in [5.74, 6) is -1.93. The highest BCUT2D eigenvalue weighted by atomic mass is 19.1. The molecule has 2 aliphatic rings. The second-order valence-electron chi connectivity index (χ2n) is 9.03. The molecular formula is C27H26F3N5O2. The van der Waals surface area contributed by atoms with Gasteiger partial charge in [0.25, 0.3) is 0 Å². The maximum absolute atomic E-state index is 15.0. The van der Waals surface area contributed by atoms with Gasteiger partial charge in [0.15, 0.2) is 17.4 Å². The van der Waals surface area contributed by atoms with E-state index in [2.05, 4.69) is 20.6 Å². The monoisotopic (exact) mass is 509 g/mol. The number of benzene rings is 2. The number of hydrogen-bond donors (Lipinski definition) is 2. The number of halogens is 3. The van der Waals surface area contributed by atoms with E-state index in [1.807, 2.05) is 18.7 Å². The lowest BCUT2D eigenvalue weighted by molar-refractivity contribution is -0.116. The first-order chi connectivity index (χ1) is 17.8. The maximum atomic E-state index is 15.0. The Bertz CT molecular complexity index is 1390. The minimum absolute atomic E-state index is 0.0213. The van der Waals surface area contributed by atoms with Crippen LogP contribution in [-0.4, -0.2) is 41.6 Å². The van der Waals surface area contributed by atoms with Gasteiger partial charge in [0.2, 0.25) is 11.9 Å². The molecule has 3 aromatic rings. The van der Waals surface area contributed by atoms with Crippen molar-refractivity contribution in [2.24, 2.45) is 0 Å². The predicted molar refractivity (Wildman–Crippen MR) is 135 cm³/mol. The Kier molecular flexibility index (Phi) is 6.73. The molecule has 0 saturated heterocycles. The molecular weight excluding hydrogens is 483 g/mol. The molecule has 0 spiro atoms. The van der Waals surface area contributed by atoms with E-state index in [0.29, 0.717) is 48.6 Å². The molecule has 1 atom stereocenters. The zero-order chi connectivity index (χ0) is 26.1. The smallest absolute Gasteiger partial charge is 0.244 e. The van der Waals surface area contributed by atoms with Crippen LogP contribution in [0, 0.1) is 17.5 Å². The van der Waals surface area contributed by atoms with Crippen LogP contribution < -0.4 is 20.3 Å². The van der Waals surface area contributed by atoms with Gasteiger partial charge in [0.05, 0.1) is 18.4 Å². The molecule has 0 aliphatic carbocycles. The van der Waals surface area contributed by atoms with Crippen LogP contribution in [0.5, 0.6) is 5.75 Å². The molecule has 5 rings (SSSR count). The number of amides is 1. The number of aromatic nitrogens is 2.